The Hall–Kier alpha value is -3.46. The van der Waals surface area contributed by atoms with Gasteiger partial charge in [0.05, 0.1) is 11.3 Å². The Bertz CT molecular complexity index is 991. The highest BCUT2D eigenvalue weighted by Crippen LogP contribution is 2.18. The molecule has 3 aromatic rings. The second-order valence-electron chi connectivity index (χ2n) is 5.78. The summed E-state index contributed by atoms with van der Waals surface area (Å²) >= 11 is 1.35. The van der Waals surface area contributed by atoms with Crippen LogP contribution in [0.3, 0.4) is 0 Å². The van der Waals surface area contributed by atoms with E-state index >= 15 is 0 Å². The van der Waals surface area contributed by atoms with E-state index in [0.717, 1.165) is 0 Å². The first-order valence-electron chi connectivity index (χ1n) is 8.50. The summed E-state index contributed by atoms with van der Waals surface area (Å²) in [4.78, 5) is 27.5. The summed E-state index contributed by atoms with van der Waals surface area (Å²) in [5.41, 5.74) is 6.01. The lowest BCUT2D eigenvalue weighted by Gasteiger charge is -2.08. The van der Waals surface area contributed by atoms with Crippen LogP contribution in [0.4, 0.5) is 4.39 Å². The van der Waals surface area contributed by atoms with Crippen molar-refractivity contribution in [2.45, 2.75) is 13.2 Å². The number of primary amides is 1. The van der Waals surface area contributed by atoms with Crippen LogP contribution in [-0.4, -0.2) is 23.5 Å². The van der Waals surface area contributed by atoms with E-state index in [0.29, 0.717) is 16.5 Å². The Labute approximate surface area is 169 Å². The summed E-state index contributed by atoms with van der Waals surface area (Å²) in [5, 5.41) is 2.44. The summed E-state index contributed by atoms with van der Waals surface area (Å²) in [5.74, 6) is -0.847. The lowest BCUT2D eigenvalue weighted by molar-refractivity contribution is -0.147. The number of thiazole rings is 1. The lowest BCUT2D eigenvalue weighted by Crippen LogP contribution is -2.18. The summed E-state index contributed by atoms with van der Waals surface area (Å²) in [6.45, 7) is -0.168. The second kappa shape index (κ2) is 9.65. The van der Waals surface area contributed by atoms with Gasteiger partial charge in [-0.25, -0.2) is 14.2 Å². The predicted octanol–water partition coefficient (Wildman–Crippen LogP) is 3.08. The number of nitrogens with zero attached hydrogens (tertiary/aromatic N) is 1. The largest absolute Gasteiger partial charge is 0.486 e. The van der Waals surface area contributed by atoms with Gasteiger partial charge in [0.15, 0.2) is 6.61 Å². The maximum Gasteiger partial charge on any atom is 0.344 e. The number of carbonyl (C=O) groups is 2. The van der Waals surface area contributed by atoms with Gasteiger partial charge < -0.3 is 19.9 Å². The Kier molecular flexibility index (Phi) is 6.75. The van der Waals surface area contributed by atoms with E-state index in [-0.39, 0.29) is 37.0 Å². The van der Waals surface area contributed by atoms with E-state index in [2.05, 4.69) is 4.98 Å². The minimum atomic E-state index is -0.646. The van der Waals surface area contributed by atoms with Crippen molar-refractivity contribution in [1.29, 1.82) is 0 Å². The van der Waals surface area contributed by atoms with Crippen LogP contribution in [0, 0.1) is 5.82 Å². The smallest absolute Gasteiger partial charge is 0.344 e. The van der Waals surface area contributed by atoms with Crippen LogP contribution >= 0.6 is 11.3 Å². The molecule has 150 valence electrons. The number of hydrogen-bond donors (Lipinski definition) is 1. The molecule has 2 N–H and O–H groups in total. The third-order valence-corrected chi connectivity index (χ3v) is 4.53. The van der Waals surface area contributed by atoms with Crippen molar-refractivity contribution in [2.75, 3.05) is 6.61 Å². The monoisotopic (exact) mass is 416 g/mol. The average Bonchev–Trinajstić information content (AvgIpc) is 3.18. The molecular weight excluding hydrogens is 399 g/mol. The zero-order valence-corrected chi connectivity index (χ0v) is 16.0. The molecule has 0 unspecified atom stereocenters. The third kappa shape index (κ3) is 6.01. The van der Waals surface area contributed by atoms with Gasteiger partial charge in [0.2, 0.25) is 0 Å². The van der Waals surface area contributed by atoms with Gasteiger partial charge in [-0.1, -0.05) is 12.1 Å². The van der Waals surface area contributed by atoms with Crippen molar-refractivity contribution in [3.63, 3.8) is 0 Å². The maximum atomic E-state index is 12.9. The molecule has 0 aliphatic rings. The Balaban J connectivity index is 1.44. The number of aromatic nitrogens is 1. The highest BCUT2D eigenvalue weighted by molar-refractivity contribution is 7.09. The Morgan fingerprint density at radius 1 is 1.03 bits per heavy atom. The van der Waals surface area contributed by atoms with Gasteiger partial charge in [0, 0.05) is 5.38 Å². The summed E-state index contributed by atoms with van der Waals surface area (Å²) in [7, 11) is 0. The zero-order valence-electron chi connectivity index (χ0n) is 15.2. The zero-order chi connectivity index (χ0) is 20.6. The molecule has 1 aromatic heterocycles. The number of rotatable bonds is 9. The van der Waals surface area contributed by atoms with Gasteiger partial charge in [-0.15, -0.1) is 11.3 Å². The van der Waals surface area contributed by atoms with Crippen LogP contribution in [-0.2, 0) is 22.7 Å². The van der Waals surface area contributed by atoms with Crippen molar-refractivity contribution in [1.82, 2.24) is 4.98 Å². The van der Waals surface area contributed by atoms with Crippen molar-refractivity contribution in [2.24, 2.45) is 5.73 Å². The Morgan fingerprint density at radius 2 is 1.79 bits per heavy atom. The number of nitrogens with two attached hydrogens (primary N) is 1. The first-order chi connectivity index (χ1) is 14.0. The quantitative estimate of drug-likeness (QED) is 0.538. The number of esters is 1. The van der Waals surface area contributed by atoms with E-state index in [1.807, 2.05) is 0 Å². The molecule has 0 aliphatic carbocycles. The molecule has 9 heteroatoms. The molecule has 0 spiro atoms. The molecule has 0 fully saturated rings. The molecular formula is C20H17FN2O5S. The number of halogens is 1. The van der Waals surface area contributed by atoms with Gasteiger partial charge in [-0.05, 0) is 36.4 Å². The van der Waals surface area contributed by atoms with E-state index in [1.54, 1.807) is 23.6 Å². The number of ether oxygens (including phenoxy) is 3. The van der Waals surface area contributed by atoms with Crippen molar-refractivity contribution >= 4 is 23.2 Å². The number of benzene rings is 2. The molecule has 29 heavy (non-hydrogen) atoms. The number of amides is 1. The highest BCUT2D eigenvalue weighted by Gasteiger charge is 2.12. The number of hydrogen-bond acceptors (Lipinski definition) is 7. The van der Waals surface area contributed by atoms with Gasteiger partial charge in [0.25, 0.3) is 5.91 Å². The van der Waals surface area contributed by atoms with Gasteiger partial charge in [-0.2, -0.15) is 0 Å². The van der Waals surface area contributed by atoms with Crippen LogP contribution in [0.15, 0.2) is 53.9 Å². The standard InChI is InChI=1S/C20H17FN2O5S/c21-13-5-7-15(8-6-13)26-10-18-23-14(12-29-18)9-28-19(24)11-27-17-4-2-1-3-16(17)20(22)25/h1-8,12H,9-11H2,(H2,22,25). The molecule has 3 rings (SSSR count). The minimum absolute atomic E-state index is 0.0211. The Morgan fingerprint density at radius 3 is 2.55 bits per heavy atom. The molecule has 1 amide bonds. The normalized spacial score (nSPS) is 10.4. The van der Waals surface area contributed by atoms with E-state index in [4.69, 9.17) is 19.9 Å². The molecule has 7 nitrogen and oxygen atoms in total. The summed E-state index contributed by atoms with van der Waals surface area (Å²) < 4.78 is 28.8. The molecule has 2 aromatic carbocycles. The molecule has 0 atom stereocenters. The van der Waals surface area contributed by atoms with Crippen LogP contribution in [0.1, 0.15) is 21.1 Å². The SMILES string of the molecule is NC(=O)c1ccccc1OCC(=O)OCc1csc(COc2ccc(F)cc2)n1. The van der Waals surface area contributed by atoms with Crippen molar-refractivity contribution in [3.8, 4) is 11.5 Å². The topological polar surface area (TPSA) is 101 Å². The van der Waals surface area contributed by atoms with Crippen LogP contribution < -0.4 is 15.2 Å². The fraction of sp³-hybridized carbons (Fsp3) is 0.150. The van der Waals surface area contributed by atoms with Crippen LogP contribution in [0.25, 0.3) is 0 Å². The van der Waals surface area contributed by atoms with Gasteiger partial charge in [0.1, 0.15) is 35.5 Å². The molecule has 0 saturated heterocycles. The highest BCUT2D eigenvalue weighted by atomic mass is 32.1. The van der Waals surface area contributed by atoms with E-state index in [9.17, 15) is 14.0 Å². The van der Waals surface area contributed by atoms with Crippen LogP contribution in [0.5, 0.6) is 11.5 Å². The number of para-hydroxylation sites is 1. The molecule has 0 bridgehead atoms. The molecule has 0 aliphatic heterocycles. The summed E-state index contributed by atoms with van der Waals surface area (Å²) in [6, 6.07) is 12.0. The average molecular weight is 416 g/mol. The first-order valence-corrected chi connectivity index (χ1v) is 9.38. The second-order valence-corrected chi connectivity index (χ2v) is 6.73. The van der Waals surface area contributed by atoms with Crippen molar-refractivity contribution < 1.29 is 28.2 Å². The van der Waals surface area contributed by atoms with Gasteiger partial charge >= 0.3 is 5.97 Å². The molecule has 0 radical (unpaired) electrons. The van der Waals surface area contributed by atoms with Gasteiger partial charge in [-0.3, -0.25) is 4.79 Å². The molecule has 1 heterocycles. The van der Waals surface area contributed by atoms with E-state index < -0.39 is 11.9 Å². The summed E-state index contributed by atoms with van der Waals surface area (Å²) in [6.07, 6.45) is 0. The first kappa shape index (κ1) is 20.3. The predicted molar refractivity (Wildman–Crippen MR) is 103 cm³/mol. The van der Waals surface area contributed by atoms with Crippen LogP contribution in [0.2, 0.25) is 0 Å². The third-order valence-electron chi connectivity index (χ3n) is 3.65. The molecule has 0 saturated carbocycles. The number of carbonyl (C=O) groups excluding carboxylic acids is 2. The fourth-order valence-electron chi connectivity index (χ4n) is 2.29. The van der Waals surface area contributed by atoms with E-state index in [1.165, 1.54) is 41.7 Å². The maximum absolute atomic E-state index is 12.9. The van der Waals surface area contributed by atoms with Crippen molar-refractivity contribution in [3.05, 3.63) is 76.0 Å². The minimum Gasteiger partial charge on any atom is -0.486 e. The lowest BCUT2D eigenvalue weighted by atomic mass is 10.2. The fourth-order valence-corrected chi connectivity index (χ4v) is 2.98.